The van der Waals surface area contributed by atoms with E-state index in [0.29, 0.717) is 11.1 Å². The van der Waals surface area contributed by atoms with Crippen LogP contribution >= 0.6 is 0 Å². The smallest absolute Gasteiger partial charge is 0.357 e. The number of nitrogens with zero attached hydrogens (tertiary/aromatic N) is 1. The van der Waals surface area contributed by atoms with Crippen LogP contribution in [0.2, 0.25) is 0 Å². The second-order valence-electron chi connectivity index (χ2n) is 2.50. The number of aromatic nitrogens is 1. The third-order valence-corrected chi connectivity index (χ3v) is 1.68. The summed E-state index contributed by atoms with van der Waals surface area (Å²) in [6.07, 6.45) is 8.15. The fraction of sp³-hybridized carbons (Fsp3) is 0.0909. The molecule has 0 radical (unpaired) electrons. The molecule has 3 heteroatoms. The number of methoxy groups -OCH3 is 1. The molecule has 1 heterocycles. The second-order valence-corrected chi connectivity index (χ2v) is 2.50. The van der Waals surface area contributed by atoms with Gasteiger partial charge in [0.25, 0.3) is 0 Å². The van der Waals surface area contributed by atoms with Gasteiger partial charge >= 0.3 is 5.97 Å². The van der Waals surface area contributed by atoms with Crippen molar-refractivity contribution < 1.29 is 9.53 Å². The number of carbonyl (C=O) groups excluding carboxylic acids is 1. The maximum absolute atomic E-state index is 11.2. The summed E-state index contributed by atoms with van der Waals surface area (Å²) in [5.74, 6) is 1.93. The summed E-state index contributed by atoms with van der Waals surface area (Å²) in [5, 5.41) is 0. The van der Waals surface area contributed by atoms with E-state index >= 15 is 0 Å². The maximum Gasteiger partial charge on any atom is 0.357 e. The van der Waals surface area contributed by atoms with Crippen LogP contribution in [-0.2, 0) is 4.74 Å². The minimum absolute atomic E-state index is 0.224. The molecule has 0 aromatic carbocycles. The highest BCUT2D eigenvalue weighted by Gasteiger charge is 2.11. The predicted octanol–water partition coefficient (Wildman–Crippen LogP) is 1.49. The molecule has 1 rings (SSSR count). The molecular weight excluding hydrogens is 178 g/mol. The first kappa shape index (κ1) is 10.0. The second kappa shape index (κ2) is 4.24. The SMILES string of the molecule is C#Cc1cnc(C(=O)OC)c(C=C)c1. The molecule has 0 atom stereocenters. The molecule has 3 nitrogen and oxygen atoms in total. The highest BCUT2D eigenvalue weighted by molar-refractivity contribution is 5.91. The van der Waals surface area contributed by atoms with E-state index in [0.717, 1.165) is 0 Å². The van der Waals surface area contributed by atoms with Gasteiger partial charge in [-0.25, -0.2) is 9.78 Å². The van der Waals surface area contributed by atoms with Crippen LogP contribution < -0.4 is 0 Å². The quantitative estimate of drug-likeness (QED) is 0.520. The normalized spacial score (nSPS) is 8.86. The standard InChI is InChI=1S/C11H9NO2/c1-4-8-6-9(5-2)10(12-7-8)11(13)14-3/h1,5-7H,2H2,3H3. The summed E-state index contributed by atoms with van der Waals surface area (Å²) in [4.78, 5) is 15.1. The number of esters is 1. The third-order valence-electron chi connectivity index (χ3n) is 1.68. The lowest BCUT2D eigenvalue weighted by Crippen LogP contribution is -2.06. The van der Waals surface area contributed by atoms with Crippen LogP contribution in [0.15, 0.2) is 18.8 Å². The fourth-order valence-electron chi connectivity index (χ4n) is 0.984. The molecule has 0 N–H and O–H groups in total. The lowest BCUT2D eigenvalue weighted by Gasteiger charge is -2.02. The molecule has 1 aromatic heterocycles. The van der Waals surface area contributed by atoms with E-state index in [1.54, 1.807) is 6.07 Å². The molecule has 0 aliphatic rings. The Labute approximate surface area is 82.4 Å². The first-order chi connectivity index (χ1) is 6.72. The molecule has 0 spiro atoms. The number of rotatable bonds is 2. The molecule has 14 heavy (non-hydrogen) atoms. The molecular formula is C11H9NO2. The van der Waals surface area contributed by atoms with Gasteiger partial charge in [-0.15, -0.1) is 6.42 Å². The number of hydrogen-bond donors (Lipinski definition) is 0. The van der Waals surface area contributed by atoms with Gasteiger partial charge < -0.3 is 4.74 Å². The Balaban J connectivity index is 3.26. The number of pyridine rings is 1. The van der Waals surface area contributed by atoms with Crippen molar-refractivity contribution in [2.45, 2.75) is 0 Å². The Morgan fingerprint density at radius 1 is 1.79 bits per heavy atom. The zero-order valence-electron chi connectivity index (χ0n) is 7.78. The molecule has 0 bridgehead atoms. The van der Waals surface area contributed by atoms with Gasteiger partial charge in [0.1, 0.15) is 0 Å². The van der Waals surface area contributed by atoms with E-state index in [4.69, 9.17) is 6.42 Å². The third kappa shape index (κ3) is 1.80. The summed E-state index contributed by atoms with van der Waals surface area (Å²) in [6, 6.07) is 1.66. The molecule has 0 saturated carbocycles. The minimum Gasteiger partial charge on any atom is -0.464 e. The first-order valence-corrected chi connectivity index (χ1v) is 3.90. The van der Waals surface area contributed by atoms with Gasteiger partial charge in [-0.2, -0.15) is 0 Å². The van der Waals surface area contributed by atoms with E-state index < -0.39 is 5.97 Å². The Morgan fingerprint density at radius 2 is 2.50 bits per heavy atom. The summed E-state index contributed by atoms with van der Waals surface area (Å²) in [7, 11) is 1.30. The van der Waals surface area contributed by atoms with E-state index in [9.17, 15) is 4.79 Å². The fourth-order valence-corrected chi connectivity index (χ4v) is 0.984. The molecule has 0 aliphatic carbocycles. The lowest BCUT2D eigenvalue weighted by molar-refractivity contribution is 0.0594. The van der Waals surface area contributed by atoms with Gasteiger partial charge in [0.05, 0.1) is 7.11 Å². The molecule has 0 aliphatic heterocycles. The molecule has 0 amide bonds. The van der Waals surface area contributed by atoms with Crippen molar-refractivity contribution in [3.8, 4) is 12.3 Å². The van der Waals surface area contributed by atoms with Crippen molar-refractivity contribution in [1.29, 1.82) is 0 Å². The van der Waals surface area contributed by atoms with Gasteiger partial charge in [-0.05, 0) is 6.07 Å². The van der Waals surface area contributed by atoms with Gasteiger partial charge in [0.2, 0.25) is 0 Å². The average Bonchev–Trinajstić information content (AvgIpc) is 2.27. The molecule has 0 unspecified atom stereocenters. The zero-order valence-corrected chi connectivity index (χ0v) is 7.78. The average molecular weight is 187 g/mol. The predicted molar refractivity (Wildman–Crippen MR) is 53.6 cm³/mol. The largest absolute Gasteiger partial charge is 0.464 e. The minimum atomic E-state index is -0.497. The number of carbonyl (C=O) groups is 1. The first-order valence-electron chi connectivity index (χ1n) is 3.90. The van der Waals surface area contributed by atoms with Gasteiger partial charge in [0.15, 0.2) is 5.69 Å². The number of hydrogen-bond acceptors (Lipinski definition) is 3. The number of ether oxygens (including phenoxy) is 1. The van der Waals surface area contributed by atoms with Crippen molar-refractivity contribution in [1.82, 2.24) is 4.98 Å². The van der Waals surface area contributed by atoms with E-state index in [1.165, 1.54) is 19.4 Å². The van der Waals surface area contributed by atoms with Crippen LogP contribution in [0.5, 0.6) is 0 Å². The Morgan fingerprint density at radius 3 is 3.00 bits per heavy atom. The van der Waals surface area contributed by atoms with Crippen molar-refractivity contribution >= 4 is 12.0 Å². The van der Waals surface area contributed by atoms with Gasteiger partial charge in [0, 0.05) is 17.3 Å². The van der Waals surface area contributed by atoms with Crippen LogP contribution in [-0.4, -0.2) is 18.1 Å². The molecule has 0 fully saturated rings. The van der Waals surface area contributed by atoms with E-state index in [1.807, 2.05) is 0 Å². The lowest BCUT2D eigenvalue weighted by atomic mass is 10.1. The number of terminal acetylenes is 1. The van der Waals surface area contributed by atoms with E-state index in [-0.39, 0.29) is 5.69 Å². The molecule has 1 aromatic rings. The summed E-state index contributed by atoms with van der Waals surface area (Å²) >= 11 is 0. The van der Waals surface area contributed by atoms with Crippen LogP contribution in [0.3, 0.4) is 0 Å². The van der Waals surface area contributed by atoms with Crippen LogP contribution in [0.4, 0.5) is 0 Å². The highest BCUT2D eigenvalue weighted by Crippen LogP contribution is 2.10. The van der Waals surface area contributed by atoms with E-state index in [2.05, 4.69) is 22.2 Å². The van der Waals surface area contributed by atoms with Crippen LogP contribution in [0, 0.1) is 12.3 Å². The Hall–Kier alpha value is -2.08. The van der Waals surface area contributed by atoms with Crippen LogP contribution in [0.25, 0.3) is 6.08 Å². The molecule has 0 saturated heterocycles. The summed E-state index contributed by atoms with van der Waals surface area (Å²) in [5.41, 5.74) is 1.40. The highest BCUT2D eigenvalue weighted by atomic mass is 16.5. The molecule has 70 valence electrons. The van der Waals surface area contributed by atoms with Crippen molar-refractivity contribution in [3.05, 3.63) is 35.7 Å². The monoisotopic (exact) mass is 187 g/mol. The Bertz CT molecular complexity index is 416. The zero-order chi connectivity index (χ0) is 10.6. The van der Waals surface area contributed by atoms with Gasteiger partial charge in [-0.1, -0.05) is 18.6 Å². The van der Waals surface area contributed by atoms with Crippen molar-refractivity contribution in [3.63, 3.8) is 0 Å². The maximum atomic E-state index is 11.2. The summed E-state index contributed by atoms with van der Waals surface area (Å²) in [6.45, 7) is 3.57. The topological polar surface area (TPSA) is 39.2 Å². The van der Waals surface area contributed by atoms with Crippen LogP contribution in [0.1, 0.15) is 21.6 Å². The summed E-state index contributed by atoms with van der Waals surface area (Å²) < 4.78 is 4.55. The van der Waals surface area contributed by atoms with Gasteiger partial charge in [-0.3, -0.25) is 0 Å². The van der Waals surface area contributed by atoms with Crippen molar-refractivity contribution in [2.24, 2.45) is 0 Å². The van der Waals surface area contributed by atoms with Crippen molar-refractivity contribution in [2.75, 3.05) is 7.11 Å². The Kier molecular flexibility index (Phi) is 3.03.